The van der Waals surface area contributed by atoms with Crippen LogP contribution >= 0.6 is 0 Å². The van der Waals surface area contributed by atoms with Crippen LogP contribution in [0.2, 0.25) is 0 Å². The first-order valence-corrected chi connectivity index (χ1v) is 6.71. The summed E-state index contributed by atoms with van der Waals surface area (Å²) in [5.41, 5.74) is 0.745. The van der Waals surface area contributed by atoms with E-state index < -0.39 is 23.8 Å². The zero-order chi connectivity index (χ0) is 16.1. The summed E-state index contributed by atoms with van der Waals surface area (Å²) < 4.78 is 26.8. The standard InChI is InChI=1S/C16H16F2N2O2/c1-10-12(17)7-4-8-14(10)20-16(22)19-9-15(21)11-5-2-3-6-13(11)18/h2-8,15,21H,9H2,1H3,(H2,19,20,22). The van der Waals surface area contributed by atoms with Crippen LogP contribution in [0.25, 0.3) is 0 Å². The lowest BCUT2D eigenvalue weighted by Gasteiger charge is -2.14. The van der Waals surface area contributed by atoms with Crippen LogP contribution < -0.4 is 10.6 Å². The average molecular weight is 306 g/mol. The number of anilines is 1. The normalized spacial score (nSPS) is 11.8. The molecule has 0 heterocycles. The molecule has 2 aromatic rings. The maximum Gasteiger partial charge on any atom is 0.319 e. The predicted octanol–water partition coefficient (Wildman–Crippen LogP) is 3.13. The molecule has 3 N–H and O–H groups in total. The zero-order valence-corrected chi connectivity index (χ0v) is 11.9. The molecule has 1 atom stereocenters. The third-order valence-corrected chi connectivity index (χ3v) is 3.24. The van der Waals surface area contributed by atoms with Crippen molar-refractivity contribution < 1.29 is 18.7 Å². The van der Waals surface area contributed by atoms with E-state index in [0.29, 0.717) is 11.3 Å². The summed E-state index contributed by atoms with van der Waals surface area (Å²) in [6.07, 6.45) is -1.17. The third-order valence-electron chi connectivity index (χ3n) is 3.24. The molecule has 0 aromatic heterocycles. The molecule has 2 rings (SSSR count). The zero-order valence-electron chi connectivity index (χ0n) is 11.9. The SMILES string of the molecule is Cc1c(F)cccc1NC(=O)NCC(O)c1ccccc1F. The Morgan fingerprint density at radius 1 is 1.14 bits per heavy atom. The second-order valence-electron chi connectivity index (χ2n) is 4.78. The Morgan fingerprint density at radius 3 is 2.55 bits per heavy atom. The molecule has 0 radical (unpaired) electrons. The van der Waals surface area contributed by atoms with Gasteiger partial charge in [0.15, 0.2) is 0 Å². The first-order chi connectivity index (χ1) is 10.5. The number of hydrogen-bond donors (Lipinski definition) is 3. The molecule has 0 fully saturated rings. The van der Waals surface area contributed by atoms with Crippen molar-refractivity contribution in [2.45, 2.75) is 13.0 Å². The number of halogens is 2. The maximum atomic E-state index is 13.5. The van der Waals surface area contributed by atoms with Crippen molar-refractivity contribution in [1.82, 2.24) is 5.32 Å². The molecule has 0 spiro atoms. The van der Waals surface area contributed by atoms with Gasteiger partial charge in [0.2, 0.25) is 0 Å². The molecule has 116 valence electrons. The summed E-state index contributed by atoms with van der Waals surface area (Å²) in [6, 6.07) is 9.50. The molecule has 6 heteroatoms. The largest absolute Gasteiger partial charge is 0.386 e. The van der Waals surface area contributed by atoms with Crippen LogP contribution in [0.15, 0.2) is 42.5 Å². The van der Waals surface area contributed by atoms with Crippen LogP contribution in [0.5, 0.6) is 0 Å². The minimum atomic E-state index is -1.17. The van der Waals surface area contributed by atoms with Crippen molar-refractivity contribution in [1.29, 1.82) is 0 Å². The fraction of sp³-hybridized carbons (Fsp3) is 0.188. The van der Waals surface area contributed by atoms with Crippen molar-refractivity contribution >= 4 is 11.7 Å². The third kappa shape index (κ3) is 3.79. The van der Waals surface area contributed by atoms with Crippen LogP contribution in [-0.4, -0.2) is 17.7 Å². The van der Waals surface area contributed by atoms with Gasteiger partial charge in [-0.1, -0.05) is 24.3 Å². The van der Waals surface area contributed by atoms with Gasteiger partial charge in [-0.15, -0.1) is 0 Å². The lowest BCUT2D eigenvalue weighted by molar-refractivity contribution is 0.170. The predicted molar refractivity (Wildman–Crippen MR) is 79.5 cm³/mol. The van der Waals surface area contributed by atoms with Gasteiger partial charge < -0.3 is 15.7 Å². The molecule has 0 bridgehead atoms. The van der Waals surface area contributed by atoms with E-state index in [1.165, 1.54) is 30.3 Å². The minimum absolute atomic E-state index is 0.102. The maximum absolute atomic E-state index is 13.5. The van der Waals surface area contributed by atoms with Gasteiger partial charge in [0.25, 0.3) is 0 Å². The van der Waals surface area contributed by atoms with Crippen LogP contribution in [0, 0.1) is 18.6 Å². The summed E-state index contributed by atoms with van der Waals surface area (Å²) in [6.45, 7) is 1.38. The quantitative estimate of drug-likeness (QED) is 0.812. The number of hydrogen-bond acceptors (Lipinski definition) is 2. The summed E-state index contributed by atoms with van der Waals surface area (Å²) in [5.74, 6) is -0.970. The molecule has 0 aliphatic carbocycles. The van der Waals surface area contributed by atoms with Crippen molar-refractivity contribution in [3.8, 4) is 0 Å². The van der Waals surface area contributed by atoms with Crippen LogP contribution in [0.3, 0.4) is 0 Å². The number of aliphatic hydroxyl groups is 1. The molecule has 0 aliphatic heterocycles. The van der Waals surface area contributed by atoms with E-state index in [4.69, 9.17) is 0 Å². The van der Waals surface area contributed by atoms with Crippen molar-refractivity contribution in [3.05, 3.63) is 65.2 Å². The number of aliphatic hydroxyl groups excluding tert-OH is 1. The molecular weight excluding hydrogens is 290 g/mol. The second-order valence-corrected chi connectivity index (χ2v) is 4.78. The lowest BCUT2D eigenvalue weighted by Crippen LogP contribution is -2.32. The monoisotopic (exact) mass is 306 g/mol. The molecule has 4 nitrogen and oxygen atoms in total. The number of amides is 2. The van der Waals surface area contributed by atoms with Gasteiger partial charge in [-0.2, -0.15) is 0 Å². The van der Waals surface area contributed by atoms with Crippen molar-refractivity contribution in [2.75, 3.05) is 11.9 Å². The van der Waals surface area contributed by atoms with E-state index in [1.807, 2.05) is 0 Å². The first kappa shape index (κ1) is 15.9. The van der Waals surface area contributed by atoms with Gasteiger partial charge in [0.1, 0.15) is 11.6 Å². The highest BCUT2D eigenvalue weighted by Crippen LogP contribution is 2.18. The fourth-order valence-corrected chi connectivity index (χ4v) is 1.95. The van der Waals surface area contributed by atoms with Gasteiger partial charge in [0, 0.05) is 23.4 Å². The van der Waals surface area contributed by atoms with Crippen LogP contribution in [0.1, 0.15) is 17.2 Å². The van der Waals surface area contributed by atoms with Crippen LogP contribution in [0.4, 0.5) is 19.3 Å². The Bertz CT molecular complexity index is 677. The highest BCUT2D eigenvalue weighted by atomic mass is 19.1. The smallest absolute Gasteiger partial charge is 0.319 e. The molecule has 2 amide bonds. The Morgan fingerprint density at radius 2 is 1.82 bits per heavy atom. The Labute approximate surface area is 126 Å². The van der Waals surface area contributed by atoms with Gasteiger partial charge >= 0.3 is 6.03 Å². The van der Waals surface area contributed by atoms with E-state index >= 15 is 0 Å². The fourth-order valence-electron chi connectivity index (χ4n) is 1.95. The molecule has 22 heavy (non-hydrogen) atoms. The summed E-state index contributed by atoms with van der Waals surface area (Å²) >= 11 is 0. The molecular formula is C16H16F2N2O2. The Balaban J connectivity index is 1.93. The van der Waals surface area contributed by atoms with Crippen molar-refractivity contribution in [3.63, 3.8) is 0 Å². The Hall–Kier alpha value is -2.47. The van der Waals surface area contributed by atoms with Gasteiger partial charge in [0.05, 0.1) is 6.10 Å². The van der Waals surface area contributed by atoms with E-state index in [0.717, 1.165) is 0 Å². The van der Waals surface area contributed by atoms with Gasteiger partial charge in [-0.05, 0) is 25.1 Å². The molecule has 1 unspecified atom stereocenters. The number of rotatable bonds is 4. The Kier molecular flexibility index (Phi) is 5.06. The highest BCUT2D eigenvalue weighted by Gasteiger charge is 2.14. The summed E-state index contributed by atoms with van der Waals surface area (Å²) in [5, 5.41) is 14.8. The number of nitrogens with one attached hydrogen (secondary N) is 2. The number of carbonyl (C=O) groups is 1. The minimum Gasteiger partial charge on any atom is -0.386 e. The molecule has 0 aliphatic rings. The number of urea groups is 1. The molecule has 0 saturated heterocycles. The number of benzene rings is 2. The van der Waals surface area contributed by atoms with Crippen molar-refractivity contribution in [2.24, 2.45) is 0 Å². The van der Waals surface area contributed by atoms with E-state index in [2.05, 4.69) is 10.6 Å². The highest BCUT2D eigenvalue weighted by molar-refractivity contribution is 5.90. The molecule has 0 saturated carbocycles. The van der Waals surface area contributed by atoms with E-state index in [1.54, 1.807) is 19.1 Å². The van der Waals surface area contributed by atoms with Gasteiger partial charge in [-0.3, -0.25) is 0 Å². The summed E-state index contributed by atoms with van der Waals surface area (Å²) in [4.78, 5) is 11.7. The first-order valence-electron chi connectivity index (χ1n) is 6.71. The molecule has 2 aromatic carbocycles. The average Bonchev–Trinajstić information content (AvgIpc) is 2.50. The van der Waals surface area contributed by atoms with Crippen LogP contribution in [-0.2, 0) is 0 Å². The summed E-state index contributed by atoms with van der Waals surface area (Å²) in [7, 11) is 0. The van der Waals surface area contributed by atoms with Gasteiger partial charge in [-0.25, -0.2) is 13.6 Å². The van der Waals surface area contributed by atoms with E-state index in [9.17, 15) is 18.7 Å². The second kappa shape index (κ2) is 7.00. The topological polar surface area (TPSA) is 61.4 Å². The number of carbonyl (C=O) groups excluding carboxylic acids is 1. The van der Waals surface area contributed by atoms with E-state index in [-0.39, 0.29) is 12.1 Å². The lowest BCUT2D eigenvalue weighted by atomic mass is 10.1.